The molecule has 0 heterocycles. The summed E-state index contributed by atoms with van der Waals surface area (Å²) in [5.41, 5.74) is 7.37. The number of fused-ring (bicyclic) bond motifs is 4. The lowest BCUT2D eigenvalue weighted by Crippen LogP contribution is -2.74. The molecule has 0 aliphatic heterocycles. The van der Waals surface area contributed by atoms with E-state index < -0.39 is 16.1 Å². The summed E-state index contributed by atoms with van der Waals surface area (Å²) in [6.07, 6.45) is 0. The minimum atomic E-state index is -2.66. The SMILES string of the molecule is c1ccc([Si](c2ccccc2)(c2ccccc2)c2ccc3cc(-c4cccc5c(-c6ccc(-c7ccc8cc([Si](c9ccccc9)(c9ccccc9)c9ccccc9)ccc8c7)c7ccccc67)cccc45)ccc3c2)cc1. The summed E-state index contributed by atoms with van der Waals surface area (Å²) in [7, 11) is -5.32. The maximum absolute atomic E-state index is 2.66. The minimum absolute atomic E-state index is 1.22. The minimum Gasteiger partial charge on any atom is -0.0623 e. The van der Waals surface area contributed by atoms with Gasteiger partial charge in [0.25, 0.3) is 0 Å². The van der Waals surface area contributed by atoms with E-state index >= 15 is 0 Å². The van der Waals surface area contributed by atoms with Crippen LogP contribution in [0, 0.1) is 0 Å². The molecule has 78 heavy (non-hydrogen) atoms. The molecule has 2 heteroatoms. The molecule has 0 saturated heterocycles. The Labute approximate surface area is 458 Å². The Morgan fingerprint density at radius 1 is 0.154 bits per heavy atom. The van der Waals surface area contributed by atoms with Gasteiger partial charge in [-0.1, -0.05) is 315 Å². The zero-order chi connectivity index (χ0) is 51.9. The van der Waals surface area contributed by atoms with Gasteiger partial charge < -0.3 is 0 Å². The summed E-state index contributed by atoms with van der Waals surface area (Å²) in [4.78, 5) is 0. The monoisotopic (exact) mass is 1020 g/mol. The second kappa shape index (κ2) is 19.9. The van der Waals surface area contributed by atoms with E-state index in [1.807, 2.05) is 0 Å². The Balaban J connectivity index is 0.835. The van der Waals surface area contributed by atoms with E-state index in [1.165, 1.54) is 118 Å². The van der Waals surface area contributed by atoms with Gasteiger partial charge in [0, 0.05) is 0 Å². The van der Waals surface area contributed by atoms with Crippen LogP contribution in [0.3, 0.4) is 0 Å². The first-order valence-corrected chi connectivity index (χ1v) is 31.1. The van der Waals surface area contributed by atoms with Gasteiger partial charge in [0.1, 0.15) is 0 Å². The normalized spacial score (nSPS) is 11.8. The maximum atomic E-state index is 2.47. The zero-order valence-corrected chi connectivity index (χ0v) is 45.2. The van der Waals surface area contributed by atoms with Gasteiger partial charge in [0.15, 0.2) is 16.1 Å². The van der Waals surface area contributed by atoms with Crippen LogP contribution < -0.4 is 41.5 Å². The molecule has 0 saturated carbocycles. The Bertz CT molecular complexity index is 4030. The average Bonchev–Trinajstić information content (AvgIpc) is 3.72. The van der Waals surface area contributed by atoms with Gasteiger partial charge >= 0.3 is 0 Å². The van der Waals surface area contributed by atoms with Crippen molar-refractivity contribution < 1.29 is 0 Å². The fourth-order valence-corrected chi connectivity index (χ4v) is 22.6. The van der Waals surface area contributed by atoms with Crippen LogP contribution in [0.4, 0.5) is 0 Å². The largest absolute Gasteiger partial charge is 0.179 e. The Morgan fingerprint density at radius 3 is 0.782 bits per heavy atom. The third kappa shape index (κ3) is 7.88. The van der Waals surface area contributed by atoms with Crippen molar-refractivity contribution in [2.24, 2.45) is 0 Å². The molecule has 0 radical (unpaired) electrons. The average molecular weight is 1020 g/mol. The summed E-state index contributed by atoms with van der Waals surface area (Å²) in [5, 5.41) is 21.0. The molecule has 0 bridgehead atoms. The lowest BCUT2D eigenvalue weighted by molar-refractivity contribution is 1.64. The molecular formula is C76H54Si2. The van der Waals surface area contributed by atoms with E-state index in [9.17, 15) is 0 Å². The molecular weight excluding hydrogens is 969 g/mol. The quantitative estimate of drug-likeness (QED) is 0.0895. The summed E-state index contributed by atoms with van der Waals surface area (Å²) < 4.78 is 0. The van der Waals surface area contributed by atoms with Gasteiger partial charge in [-0.05, 0) is 130 Å². The number of rotatable bonds is 11. The molecule has 0 unspecified atom stereocenters. The summed E-state index contributed by atoms with van der Waals surface area (Å²) in [5.74, 6) is 0. The van der Waals surface area contributed by atoms with Crippen LogP contribution in [0.25, 0.3) is 76.5 Å². The molecule has 0 nitrogen and oxygen atoms in total. The van der Waals surface area contributed by atoms with Gasteiger partial charge in [-0.2, -0.15) is 0 Å². The smallest absolute Gasteiger partial charge is 0.0623 e. The van der Waals surface area contributed by atoms with Crippen molar-refractivity contribution in [1.82, 2.24) is 0 Å². The van der Waals surface area contributed by atoms with Crippen molar-refractivity contribution >= 4 is 101 Å². The molecule has 0 atom stereocenters. The molecule has 14 rings (SSSR count). The molecule has 14 aromatic carbocycles. The Hall–Kier alpha value is -9.45. The lowest BCUT2D eigenvalue weighted by atomic mass is 9.88. The fraction of sp³-hybridized carbons (Fsp3) is 0. The van der Waals surface area contributed by atoms with Crippen molar-refractivity contribution in [3.8, 4) is 33.4 Å². The van der Waals surface area contributed by atoms with Crippen molar-refractivity contribution in [2.45, 2.75) is 0 Å². The van der Waals surface area contributed by atoms with E-state index in [-0.39, 0.29) is 0 Å². The van der Waals surface area contributed by atoms with Gasteiger partial charge in [0.2, 0.25) is 0 Å². The Morgan fingerprint density at radius 2 is 0.410 bits per heavy atom. The highest BCUT2D eigenvalue weighted by Gasteiger charge is 2.42. The van der Waals surface area contributed by atoms with Gasteiger partial charge in [0.05, 0.1) is 0 Å². The number of hydrogen-bond acceptors (Lipinski definition) is 0. The van der Waals surface area contributed by atoms with Crippen LogP contribution in [0.15, 0.2) is 328 Å². The van der Waals surface area contributed by atoms with Crippen LogP contribution in [0.1, 0.15) is 0 Å². The third-order valence-corrected chi connectivity index (χ3v) is 26.1. The van der Waals surface area contributed by atoms with Gasteiger partial charge in [-0.15, -0.1) is 0 Å². The van der Waals surface area contributed by atoms with Crippen LogP contribution in [0.2, 0.25) is 0 Å². The van der Waals surface area contributed by atoms with Crippen molar-refractivity contribution in [1.29, 1.82) is 0 Å². The molecule has 0 fully saturated rings. The van der Waals surface area contributed by atoms with Crippen LogP contribution in [0.5, 0.6) is 0 Å². The van der Waals surface area contributed by atoms with E-state index in [1.54, 1.807) is 0 Å². The fourth-order valence-electron chi connectivity index (χ4n) is 13.0. The first kappa shape index (κ1) is 47.0. The van der Waals surface area contributed by atoms with E-state index in [2.05, 4.69) is 328 Å². The van der Waals surface area contributed by atoms with Crippen molar-refractivity contribution in [3.05, 3.63) is 328 Å². The standard InChI is InChI=1S/C76H54Si2/c1-7-23-61(24-8-1)77(62-25-9-2-10-26-62,63-27-11-3-12-28-63)67-47-45-55-51-59(43-41-57(55)53-67)69-37-21-39-74-72(69)38-22-40-75(74)76-50-49-70(71-35-19-20-36-73(71)76)60-44-42-58-54-68(48-46-56(58)52-60)78(64-29-13-4-14-30-64,65-31-15-5-16-32-65)66-33-17-6-18-34-66/h1-54H. The Kier molecular flexibility index (Phi) is 12.0. The van der Waals surface area contributed by atoms with Crippen molar-refractivity contribution in [2.75, 3.05) is 0 Å². The molecule has 0 spiro atoms. The highest BCUT2D eigenvalue weighted by molar-refractivity contribution is 7.20. The van der Waals surface area contributed by atoms with Gasteiger partial charge in [-0.3, -0.25) is 0 Å². The maximum Gasteiger partial charge on any atom is 0.179 e. The zero-order valence-electron chi connectivity index (χ0n) is 43.2. The van der Waals surface area contributed by atoms with Crippen LogP contribution in [-0.4, -0.2) is 16.1 Å². The highest BCUT2D eigenvalue weighted by atomic mass is 28.3. The molecule has 0 aliphatic rings. The van der Waals surface area contributed by atoms with E-state index in [0.717, 1.165) is 0 Å². The third-order valence-electron chi connectivity index (χ3n) is 16.5. The number of benzene rings is 14. The summed E-state index contributed by atoms with van der Waals surface area (Å²) >= 11 is 0. The predicted molar refractivity (Wildman–Crippen MR) is 340 cm³/mol. The second-order valence-electron chi connectivity index (χ2n) is 20.7. The molecule has 0 aliphatic carbocycles. The van der Waals surface area contributed by atoms with E-state index in [4.69, 9.17) is 0 Å². The second-order valence-corrected chi connectivity index (χ2v) is 28.3. The van der Waals surface area contributed by atoms with E-state index in [0.29, 0.717) is 0 Å². The van der Waals surface area contributed by atoms with Crippen LogP contribution >= 0.6 is 0 Å². The van der Waals surface area contributed by atoms with Crippen molar-refractivity contribution in [3.63, 3.8) is 0 Å². The summed E-state index contributed by atoms with van der Waals surface area (Å²) in [6, 6.07) is 123. The van der Waals surface area contributed by atoms with Crippen LogP contribution in [-0.2, 0) is 0 Å². The molecule has 366 valence electrons. The molecule has 0 aromatic heterocycles. The lowest BCUT2D eigenvalue weighted by Gasteiger charge is -2.34. The topological polar surface area (TPSA) is 0 Å². The summed E-state index contributed by atoms with van der Waals surface area (Å²) in [6.45, 7) is 0. The first-order chi connectivity index (χ1) is 38.7. The molecule has 0 amide bonds. The van der Waals surface area contributed by atoms with Gasteiger partial charge in [-0.25, -0.2) is 0 Å². The highest BCUT2D eigenvalue weighted by Crippen LogP contribution is 2.41. The first-order valence-electron chi connectivity index (χ1n) is 27.1. The molecule has 14 aromatic rings. The molecule has 0 N–H and O–H groups in total. The predicted octanol–water partition coefficient (Wildman–Crippen LogP) is 14.1. The number of hydrogen-bond donors (Lipinski definition) is 0.